The van der Waals surface area contributed by atoms with Crippen molar-refractivity contribution in [3.05, 3.63) is 169 Å². The maximum Gasteiger partial charge on any atom is 0.0780 e. The minimum absolute atomic E-state index is 0.956. The van der Waals surface area contributed by atoms with Crippen molar-refractivity contribution in [3.63, 3.8) is 0 Å². The summed E-state index contributed by atoms with van der Waals surface area (Å²) in [4.78, 5) is 4.59. The topological polar surface area (TPSA) is 17.8 Å². The number of nitrogens with zero attached hydrogens (tertiary/aromatic N) is 2. The van der Waals surface area contributed by atoms with Crippen molar-refractivity contribution in [2.24, 2.45) is 0 Å². The van der Waals surface area contributed by atoms with Gasteiger partial charge in [-0.15, -0.1) is 0 Å². The molecule has 0 aliphatic rings. The number of pyridine rings is 1. The van der Waals surface area contributed by atoms with Crippen LogP contribution < -0.4 is 0 Å². The molecule has 0 aliphatic heterocycles. The van der Waals surface area contributed by atoms with Gasteiger partial charge in [-0.3, -0.25) is 4.98 Å². The molecule has 0 saturated heterocycles. The molecule has 2 heterocycles. The van der Waals surface area contributed by atoms with Crippen LogP contribution in [0, 0.1) is 11.8 Å². The molecule has 0 spiro atoms. The highest BCUT2D eigenvalue weighted by atomic mass is 15.0. The van der Waals surface area contributed by atoms with Crippen molar-refractivity contribution in [1.82, 2.24) is 9.55 Å². The van der Waals surface area contributed by atoms with Crippen LogP contribution >= 0.6 is 0 Å². The van der Waals surface area contributed by atoms with Crippen LogP contribution in [0.25, 0.3) is 61.9 Å². The molecule has 2 heteroatoms. The van der Waals surface area contributed by atoms with Gasteiger partial charge in [0, 0.05) is 44.9 Å². The van der Waals surface area contributed by atoms with Crippen LogP contribution in [0.1, 0.15) is 22.4 Å². The molecule has 202 valence electrons. The standard InChI is InChI=1S/C41H28N2/c1-3-36-38-28-34(31-10-6-5-7-11-31)23-26-40(38)43(39(36)4-2)35-24-19-30(20-25-35)16-15-29-17-21-32(22-18-29)37-14-8-12-33-13-9-27-42-41(33)37/h3-14,17-28H,1-2H2. The van der Waals surface area contributed by atoms with Crippen molar-refractivity contribution in [3.8, 4) is 39.8 Å². The van der Waals surface area contributed by atoms with E-state index in [4.69, 9.17) is 0 Å². The minimum atomic E-state index is 0.956. The van der Waals surface area contributed by atoms with E-state index in [0.717, 1.165) is 61.0 Å². The smallest absolute Gasteiger partial charge is 0.0780 e. The van der Waals surface area contributed by atoms with E-state index >= 15 is 0 Å². The zero-order valence-electron chi connectivity index (χ0n) is 23.7. The van der Waals surface area contributed by atoms with E-state index in [9.17, 15) is 0 Å². The second kappa shape index (κ2) is 11.2. The van der Waals surface area contributed by atoms with E-state index in [1.54, 1.807) is 0 Å². The first-order chi connectivity index (χ1) is 21.2. The zero-order chi connectivity index (χ0) is 29.2. The number of hydrogen-bond acceptors (Lipinski definition) is 1. The van der Waals surface area contributed by atoms with Gasteiger partial charge in [-0.25, -0.2) is 0 Å². The highest BCUT2D eigenvalue weighted by Gasteiger charge is 2.15. The molecule has 0 N–H and O–H groups in total. The molecule has 43 heavy (non-hydrogen) atoms. The molecule has 2 aromatic heterocycles. The van der Waals surface area contributed by atoms with Crippen molar-refractivity contribution in [2.45, 2.75) is 0 Å². The average molecular weight is 549 g/mol. The Hall–Kier alpha value is -5.91. The summed E-state index contributed by atoms with van der Waals surface area (Å²) in [6.07, 6.45) is 5.67. The molecular weight excluding hydrogens is 520 g/mol. The van der Waals surface area contributed by atoms with Crippen molar-refractivity contribution in [2.75, 3.05) is 0 Å². The summed E-state index contributed by atoms with van der Waals surface area (Å²) in [6, 6.07) is 44.1. The van der Waals surface area contributed by atoms with Gasteiger partial charge in [0.1, 0.15) is 0 Å². The summed E-state index contributed by atoms with van der Waals surface area (Å²) in [6.45, 7) is 8.25. The van der Waals surface area contributed by atoms with E-state index in [2.05, 4.69) is 150 Å². The Balaban J connectivity index is 1.18. The predicted molar refractivity (Wildman–Crippen MR) is 182 cm³/mol. The van der Waals surface area contributed by atoms with Crippen molar-refractivity contribution < 1.29 is 0 Å². The number of aromatic nitrogens is 2. The maximum atomic E-state index is 4.59. The molecule has 0 atom stereocenters. The molecule has 0 saturated carbocycles. The molecule has 0 fully saturated rings. The Morgan fingerprint density at radius 3 is 2.02 bits per heavy atom. The third kappa shape index (κ3) is 4.84. The lowest BCUT2D eigenvalue weighted by molar-refractivity contribution is 1.10. The van der Waals surface area contributed by atoms with E-state index in [-0.39, 0.29) is 0 Å². The zero-order valence-corrected chi connectivity index (χ0v) is 23.7. The molecule has 0 radical (unpaired) electrons. The SMILES string of the molecule is C=Cc1c(C=C)n(-c2ccc(C#Cc3ccc(-c4cccc5cccnc45)cc3)cc2)c2ccc(-c3ccccc3)cc12. The Morgan fingerprint density at radius 1 is 0.605 bits per heavy atom. The lowest BCUT2D eigenvalue weighted by atomic mass is 10.0. The Bertz CT molecular complexity index is 2180. The summed E-state index contributed by atoms with van der Waals surface area (Å²) < 4.78 is 2.24. The van der Waals surface area contributed by atoms with Gasteiger partial charge in [-0.1, -0.05) is 104 Å². The summed E-state index contributed by atoms with van der Waals surface area (Å²) in [5.41, 5.74) is 11.8. The molecule has 5 aromatic carbocycles. The third-order valence-corrected chi connectivity index (χ3v) is 7.85. The van der Waals surface area contributed by atoms with Crippen LogP contribution in [0.5, 0.6) is 0 Å². The summed E-state index contributed by atoms with van der Waals surface area (Å²) in [7, 11) is 0. The van der Waals surface area contributed by atoms with E-state index in [1.807, 2.05) is 30.5 Å². The lowest BCUT2D eigenvalue weighted by Crippen LogP contribution is -1.97. The quantitative estimate of drug-likeness (QED) is 0.196. The van der Waals surface area contributed by atoms with Gasteiger partial charge in [0.05, 0.1) is 16.7 Å². The number of rotatable bonds is 5. The first-order valence-corrected chi connectivity index (χ1v) is 14.3. The molecule has 7 rings (SSSR count). The first-order valence-electron chi connectivity index (χ1n) is 14.3. The average Bonchev–Trinajstić information content (AvgIpc) is 3.40. The Morgan fingerprint density at radius 2 is 1.30 bits per heavy atom. The normalized spacial score (nSPS) is 10.8. The number of hydrogen-bond donors (Lipinski definition) is 0. The van der Waals surface area contributed by atoms with Crippen LogP contribution in [0.15, 0.2) is 147 Å². The van der Waals surface area contributed by atoms with Crippen LogP contribution in [-0.2, 0) is 0 Å². The van der Waals surface area contributed by atoms with E-state index in [1.165, 1.54) is 11.1 Å². The van der Waals surface area contributed by atoms with Crippen molar-refractivity contribution >= 4 is 34.0 Å². The fourth-order valence-corrected chi connectivity index (χ4v) is 5.75. The van der Waals surface area contributed by atoms with Gasteiger partial charge in [-0.05, 0) is 77.4 Å². The molecule has 0 aliphatic carbocycles. The molecular formula is C41H28N2. The number of fused-ring (bicyclic) bond motifs is 2. The van der Waals surface area contributed by atoms with Gasteiger partial charge in [0.2, 0.25) is 0 Å². The third-order valence-electron chi connectivity index (χ3n) is 7.85. The van der Waals surface area contributed by atoms with Crippen molar-refractivity contribution in [1.29, 1.82) is 0 Å². The van der Waals surface area contributed by atoms with Crippen LogP contribution in [-0.4, -0.2) is 9.55 Å². The summed E-state index contributed by atoms with van der Waals surface area (Å²) in [5, 5.41) is 2.29. The molecule has 0 unspecified atom stereocenters. The summed E-state index contributed by atoms with van der Waals surface area (Å²) in [5.74, 6) is 6.65. The fourth-order valence-electron chi connectivity index (χ4n) is 5.75. The Kier molecular flexibility index (Phi) is 6.76. The largest absolute Gasteiger partial charge is 0.309 e. The maximum absolute atomic E-state index is 4.59. The monoisotopic (exact) mass is 548 g/mol. The summed E-state index contributed by atoms with van der Waals surface area (Å²) >= 11 is 0. The molecule has 7 aromatic rings. The van der Waals surface area contributed by atoms with E-state index in [0.29, 0.717) is 0 Å². The number of benzene rings is 5. The van der Waals surface area contributed by atoms with Gasteiger partial charge >= 0.3 is 0 Å². The van der Waals surface area contributed by atoms with E-state index < -0.39 is 0 Å². The number of para-hydroxylation sites is 1. The molecule has 0 amide bonds. The first kappa shape index (κ1) is 26.0. The lowest BCUT2D eigenvalue weighted by Gasteiger charge is -2.10. The fraction of sp³-hybridized carbons (Fsp3) is 0. The highest BCUT2D eigenvalue weighted by molar-refractivity contribution is 5.97. The van der Waals surface area contributed by atoms with Crippen LogP contribution in [0.3, 0.4) is 0 Å². The Labute approximate surface area is 251 Å². The predicted octanol–water partition coefficient (Wildman–Crippen LogP) is 10.2. The molecule has 2 nitrogen and oxygen atoms in total. The highest BCUT2D eigenvalue weighted by Crippen LogP contribution is 2.34. The van der Waals surface area contributed by atoms with Gasteiger partial charge in [0.25, 0.3) is 0 Å². The second-order valence-corrected chi connectivity index (χ2v) is 10.4. The van der Waals surface area contributed by atoms with Crippen LogP contribution in [0.2, 0.25) is 0 Å². The second-order valence-electron chi connectivity index (χ2n) is 10.4. The van der Waals surface area contributed by atoms with Crippen LogP contribution in [0.4, 0.5) is 0 Å². The van der Waals surface area contributed by atoms with Gasteiger partial charge < -0.3 is 4.57 Å². The molecule has 0 bridgehead atoms. The minimum Gasteiger partial charge on any atom is -0.309 e. The van der Waals surface area contributed by atoms with Gasteiger partial charge in [0.15, 0.2) is 0 Å². The van der Waals surface area contributed by atoms with Gasteiger partial charge in [-0.2, -0.15) is 0 Å².